The highest BCUT2D eigenvalue weighted by molar-refractivity contribution is 5.27. The third kappa shape index (κ3) is 4.72. The summed E-state index contributed by atoms with van der Waals surface area (Å²) in [6.45, 7) is 1.01. The van der Waals surface area contributed by atoms with Crippen LogP contribution in [-0.2, 0) is 6.54 Å². The van der Waals surface area contributed by atoms with Gasteiger partial charge < -0.3 is 10.1 Å². The summed E-state index contributed by atoms with van der Waals surface area (Å²) in [6.07, 6.45) is 8.11. The van der Waals surface area contributed by atoms with Gasteiger partial charge in [-0.3, -0.25) is 4.90 Å². The first kappa shape index (κ1) is 16.3. The van der Waals surface area contributed by atoms with Crippen LogP contribution in [0.2, 0.25) is 0 Å². The second kappa shape index (κ2) is 8.40. The lowest BCUT2D eigenvalue weighted by atomic mass is 9.91. The topological polar surface area (TPSA) is 24.5 Å². The molecule has 2 rings (SSSR count). The number of ether oxygens (including phenoxy) is 1. The van der Waals surface area contributed by atoms with Crippen molar-refractivity contribution in [3.63, 3.8) is 0 Å². The van der Waals surface area contributed by atoms with Crippen molar-refractivity contribution in [2.24, 2.45) is 0 Å². The second-order valence-electron chi connectivity index (χ2n) is 6.22. The predicted molar refractivity (Wildman–Crippen MR) is 88.8 cm³/mol. The van der Waals surface area contributed by atoms with Gasteiger partial charge >= 0.3 is 0 Å². The van der Waals surface area contributed by atoms with Crippen LogP contribution in [0, 0.1) is 0 Å². The fraction of sp³-hybridized carbons (Fsp3) is 0.667. The molecule has 0 aromatic heterocycles. The summed E-state index contributed by atoms with van der Waals surface area (Å²) in [7, 11) is 6.09. The van der Waals surface area contributed by atoms with Crippen molar-refractivity contribution in [1.29, 1.82) is 0 Å². The maximum absolute atomic E-state index is 5.23. The van der Waals surface area contributed by atoms with Crippen LogP contribution in [0.25, 0.3) is 0 Å². The smallest absolute Gasteiger partial charge is 0.118 e. The molecule has 2 unspecified atom stereocenters. The van der Waals surface area contributed by atoms with E-state index in [0.29, 0.717) is 12.1 Å². The van der Waals surface area contributed by atoms with E-state index >= 15 is 0 Å². The molecule has 3 nitrogen and oxygen atoms in total. The number of hydrogen-bond donors (Lipinski definition) is 1. The van der Waals surface area contributed by atoms with Crippen molar-refractivity contribution in [2.45, 2.75) is 57.2 Å². The number of nitrogens with zero attached hydrogens (tertiary/aromatic N) is 1. The van der Waals surface area contributed by atoms with Gasteiger partial charge in [0.15, 0.2) is 0 Å². The highest BCUT2D eigenvalue weighted by Crippen LogP contribution is 2.23. The van der Waals surface area contributed by atoms with Crippen molar-refractivity contribution in [2.75, 3.05) is 21.2 Å². The summed E-state index contributed by atoms with van der Waals surface area (Å²) in [5.74, 6) is 0.931. The predicted octanol–water partition coefficient (Wildman–Crippen LogP) is 3.44. The van der Waals surface area contributed by atoms with Crippen molar-refractivity contribution in [3.8, 4) is 5.75 Å². The van der Waals surface area contributed by atoms with Crippen molar-refractivity contribution < 1.29 is 4.74 Å². The summed E-state index contributed by atoms with van der Waals surface area (Å²) < 4.78 is 5.23. The van der Waals surface area contributed by atoms with E-state index in [2.05, 4.69) is 48.6 Å². The van der Waals surface area contributed by atoms with Crippen LogP contribution >= 0.6 is 0 Å². The summed E-state index contributed by atoms with van der Waals surface area (Å²) in [5.41, 5.74) is 1.36. The lowest BCUT2D eigenvalue weighted by molar-refractivity contribution is 0.160. The van der Waals surface area contributed by atoms with Crippen molar-refractivity contribution in [3.05, 3.63) is 29.8 Å². The average Bonchev–Trinajstić information content (AvgIpc) is 2.48. The van der Waals surface area contributed by atoms with Crippen LogP contribution in [0.15, 0.2) is 24.3 Å². The van der Waals surface area contributed by atoms with E-state index in [4.69, 9.17) is 4.74 Å². The molecule has 1 fully saturated rings. The Morgan fingerprint density at radius 2 is 1.76 bits per heavy atom. The standard InChI is InChI=1S/C18H30N2O/c1-19-17-8-6-4-5-7-9-18(17)20(2)14-15-10-12-16(21-3)13-11-15/h10-13,17-19H,4-9,14H2,1-3H3. The van der Waals surface area contributed by atoms with Gasteiger partial charge in [-0.15, -0.1) is 0 Å². The van der Waals surface area contributed by atoms with Gasteiger partial charge in [0, 0.05) is 18.6 Å². The van der Waals surface area contributed by atoms with Crippen LogP contribution < -0.4 is 10.1 Å². The Labute approximate surface area is 129 Å². The van der Waals surface area contributed by atoms with Gasteiger partial charge in [0.2, 0.25) is 0 Å². The van der Waals surface area contributed by atoms with E-state index in [1.54, 1.807) is 7.11 Å². The summed E-state index contributed by atoms with van der Waals surface area (Å²) >= 11 is 0. The lowest BCUT2D eigenvalue weighted by Crippen LogP contribution is -2.47. The molecule has 0 heterocycles. The van der Waals surface area contributed by atoms with Crippen LogP contribution in [0.4, 0.5) is 0 Å². The fourth-order valence-corrected chi connectivity index (χ4v) is 3.47. The Morgan fingerprint density at radius 1 is 1.10 bits per heavy atom. The first-order chi connectivity index (χ1) is 10.2. The van der Waals surface area contributed by atoms with Gasteiger partial charge in [0.1, 0.15) is 5.75 Å². The molecule has 0 amide bonds. The average molecular weight is 290 g/mol. The molecule has 3 heteroatoms. The molecule has 118 valence electrons. The van der Waals surface area contributed by atoms with Gasteiger partial charge in [0.05, 0.1) is 7.11 Å². The molecule has 21 heavy (non-hydrogen) atoms. The number of hydrogen-bond acceptors (Lipinski definition) is 3. The molecule has 1 aromatic rings. The maximum Gasteiger partial charge on any atom is 0.118 e. The zero-order valence-electron chi connectivity index (χ0n) is 13.8. The molecule has 1 aromatic carbocycles. The molecule has 0 radical (unpaired) electrons. The lowest BCUT2D eigenvalue weighted by Gasteiger charge is -2.36. The number of rotatable bonds is 5. The molecule has 1 saturated carbocycles. The minimum Gasteiger partial charge on any atom is -0.497 e. The van der Waals surface area contributed by atoms with Crippen molar-refractivity contribution in [1.82, 2.24) is 10.2 Å². The Bertz CT molecular complexity index is 404. The fourth-order valence-electron chi connectivity index (χ4n) is 3.47. The molecule has 0 saturated heterocycles. The maximum atomic E-state index is 5.23. The Morgan fingerprint density at radius 3 is 2.38 bits per heavy atom. The van der Waals surface area contributed by atoms with Gasteiger partial charge in [-0.25, -0.2) is 0 Å². The van der Waals surface area contributed by atoms with E-state index in [9.17, 15) is 0 Å². The normalized spacial score (nSPS) is 23.6. The van der Waals surface area contributed by atoms with E-state index < -0.39 is 0 Å². The van der Waals surface area contributed by atoms with E-state index in [-0.39, 0.29) is 0 Å². The SMILES string of the molecule is CNC1CCCCCCC1N(C)Cc1ccc(OC)cc1. The number of nitrogens with one attached hydrogen (secondary N) is 1. The first-order valence-corrected chi connectivity index (χ1v) is 8.25. The van der Waals surface area contributed by atoms with Gasteiger partial charge in [0.25, 0.3) is 0 Å². The highest BCUT2D eigenvalue weighted by Gasteiger charge is 2.24. The van der Waals surface area contributed by atoms with Crippen LogP contribution in [0.3, 0.4) is 0 Å². The first-order valence-electron chi connectivity index (χ1n) is 8.25. The molecule has 1 aliphatic rings. The monoisotopic (exact) mass is 290 g/mol. The van der Waals surface area contributed by atoms with Crippen LogP contribution in [-0.4, -0.2) is 38.2 Å². The number of likely N-dealkylation sites (N-methyl/N-ethyl adjacent to an activating group) is 2. The Kier molecular flexibility index (Phi) is 6.52. The van der Waals surface area contributed by atoms with E-state index in [0.717, 1.165) is 12.3 Å². The Balaban J connectivity index is 1.99. The third-order valence-corrected chi connectivity index (χ3v) is 4.76. The molecular formula is C18H30N2O. The minimum atomic E-state index is 0.619. The third-order valence-electron chi connectivity index (χ3n) is 4.76. The molecule has 0 bridgehead atoms. The quantitative estimate of drug-likeness (QED) is 0.899. The zero-order chi connectivity index (χ0) is 15.1. The molecule has 1 aliphatic carbocycles. The highest BCUT2D eigenvalue weighted by atomic mass is 16.5. The van der Waals surface area contributed by atoms with Crippen molar-refractivity contribution >= 4 is 0 Å². The minimum absolute atomic E-state index is 0.619. The van der Waals surface area contributed by atoms with Crippen LogP contribution in [0.1, 0.15) is 44.1 Å². The molecular weight excluding hydrogens is 260 g/mol. The number of benzene rings is 1. The second-order valence-corrected chi connectivity index (χ2v) is 6.22. The summed E-state index contributed by atoms with van der Waals surface area (Å²) in [4.78, 5) is 2.52. The van der Waals surface area contributed by atoms with E-state index in [1.165, 1.54) is 44.1 Å². The molecule has 1 N–H and O–H groups in total. The zero-order valence-corrected chi connectivity index (χ0v) is 13.8. The van der Waals surface area contributed by atoms with Crippen LogP contribution in [0.5, 0.6) is 5.75 Å². The Hall–Kier alpha value is -1.06. The van der Waals surface area contributed by atoms with Gasteiger partial charge in [-0.05, 0) is 44.6 Å². The summed E-state index contributed by atoms with van der Waals surface area (Å²) in [6, 6.07) is 9.71. The van der Waals surface area contributed by atoms with Gasteiger partial charge in [-0.1, -0.05) is 37.8 Å². The van der Waals surface area contributed by atoms with E-state index in [1.807, 2.05) is 0 Å². The molecule has 2 atom stereocenters. The molecule has 0 spiro atoms. The number of methoxy groups -OCH3 is 1. The van der Waals surface area contributed by atoms with Gasteiger partial charge in [-0.2, -0.15) is 0 Å². The molecule has 0 aliphatic heterocycles. The summed E-state index contributed by atoms with van der Waals surface area (Å²) in [5, 5.41) is 3.55. The largest absolute Gasteiger partial charge is 0.497 e.